The molecule has 1 aliphatic heterocycles. The van der Waals surface area contributed by atoms with Crippen molar-refractivity contribution >= 4 is 23.4 Å². The summed E-state index contributed by atoms with van der Waals surface area (Å²) in [5.74, 6) is 0. The molecule has 0 unspecified atom stereocenters. The van der Waals surface area contributed by atoms with Gasteiger partial charge in [-0.3, -0.25) is 4.90 Å². The lowest BCUT2D eigenvalue weighted by molar-refractivity contribution is 0.207. The van der Waals surface area contributed by atoms with Gasteiger partial charge in [0.1, 0.15) is 0 Å². The van der Waals surface area contributed by atoms with Gasteiger partial charge in [0.25, 0.3) is 0 Å². The Hall–Kier alpha value is -2.24. The Morgan fingerprint density at radius 1 is 1.24 bits per heavy atom. The summed E-state index contributed by atoms with van der Waals surface area (Å²) in [6.45, 7) is 4.18. The number of benzene rings is 1. The second kappa shape index (κ2) is 6.97. The maximum absolute atomic E-state index is 12.1. The second-order valence-corrected chi connectivity index (χ2v) is 5.14. The van der Waals surface area contributed by atoms with Crippen LogP contribution < -0.4 is 15.5 Å². The summed E-state index contributed by atoms with van der Waals surface area (Å²) in [6.07, 6.45) is 1.86. The molecule has 1 saturated heterocycles. The van der Waals surface area contributed by atoms with Crippen molar-refractivity contribution in [1.29, 1.82) is 0 Å². The highest BCUT2D eigenvalue weighted by atomic mass is 16.2. The average molecular weight is 290 g/mol. The molecule has 1 aromatic rings. The van der Waals surface area contributed by atoms with E-state index in [4.69, 9.17) is 0 Å². The van der Waals surface area contributed by atoms with Crippen molar-refractivity contribution in [3.05, 3.63) is 24.3 Å². The van der Waals surface area contributed by atoms with E-state index in [1.54, 1.807) is 9.80 Å². The zero-order chi connectivity index (χ0) is 15.2. The Labute approximate surface area is 125 Å². The summed E-state index contributed by atoms with van der Waals surface area (Å²) in [5.41, 5.74) is 1.57. The average Bonchev–Trinajstić information content (AvgIpc) is 2.49. The number of amides is 4. The lowest BCUT2D eigenvalue weighted by Crippen LogP contribution is -2.47. The molecule has 0 aliphatic carbocycles. The number of nitrogens with one attached hydrogen (secondary N) is 2. The smallest absolute Gasteiger partial charge is 0.324 e. The van der Waals surface area contributed by atoms with Gasteiger partial charge in [0.2, 0.25) is 0 Å². The molecule has 0 bridgehead atoms. The monoisotopic (exact) mass is 290 g/mol. The van der Waals surface area contributed by atoms with Gasteiger partial charge < -0.3 is 15.5 Å². The molecular weight excluding hydrogens is 268 g/mol. The molecule has 1 heterocycles. The number of hydrogen-bond donors (Lipinski definition) is 2. The highest BCUT2D eigenvalue weighted by Gasteiger charge is 2.23. The fourth-order valence-electron chi connectivity index (χ4n) is 2.24. The predicted molar refractivity (Wildman–Crippen MR) is 83.7 cm³/mol. The number of nitrogens with zero attached hydrogens (tertiary/aromatic N) is 2. The van der Waals surface area contributed by atoms with Crippen molar-refractivity contribution < 1.29 is 9.59 Å². The first-order valence-electron chi connectivity index (χ1n) is 7.29. The summed E-state index contributed by atoms with van der Waals surface area (Å²) in [5, 5.41) is 5.51. The summed E-state index contributed by atoms with van der Waals surface area (Å²) >= 11 is 0. The molecule has 1 fully saturated rings. The molecule has 2 N–H and O–H groups in total. The first-order valence-corrected chi connectivity index (χ1v) is 7.29. The van der Waals surface area contributed by atoms with Crippen LogP contribution in [0.3, 0.4) is 0 Å². The molecular formula is C15H22N4O2. The van der Waals surface area contributed by atoms with E-state index in [9.17, 15) is 9.59 Å². The number of hydrogen-bond acceptors (Lipinski definition) is 2. The van der Waals surface area contributed by atoms with E-state index in [-0.39, 0.29) is 12.1 Å². The molecule has 0 spiro atoms. The molecule has 4 amide bonds. The van der Waals surface area contributed by atoms with Crippen LogP contribution in [-0.2, 0) is 0 Å². The van der Waals surface area contributed by atoms with E-state index >= 15 is 0 Å². The minimum Gasteiger partial charge on any atom is -0.338 e. The zero-order valence-corrected chi connectivity index (χ0v) is 12.6. The number of carbonyl (C=O) groups excluding carboxylic acids is 2. The Balaban J connectivity index is 1.98. The molecule has 0 aromatic heterocycles. The van der Waals surface area contributed by atoms with Crippen molar-refractivity contribution in [2.24, 2.45) is 0 Å². The van der Waals surface area contributed by atoms with Crippen LogP contribution in [0.1, 0.15) is 19.8 Å². The van der Waals surface area contributed by atoms with E-state index in [0.717, 1.165) is 31.6 Å². The minimum atomic E-state index is -0.210. The van der Waals surface area contributed by atoms with Crippen LogP contribution in [0.2, 0.25) is 0 Å². The molecule has 0 radical (unpaired) electrons. The molecule has 6 nitrogen and oxygen atoms in total. The van der Waals surface area contributed by atoms with E-state index in [2.05, 4.69) is 10.6 Å². The summed E-state index contributed by atoms with van der Waals surface area (Å²) in [4.78, 5) is 27.1. The third kappa shape index (κ3) is 3.87. The Bertz CT molecular complexity index is 501. The van der Waals surface area contributed by atoms with E-state index in [0.29, 0.717) is 12.2 Å². The molecule has 2 rings (SSSR count). The van der Waals surface area contributed by atoms with Crippen molar-refractivity contribution in [3.63, 3.8) is 0 Å². The topological polar surface area (TPSA) is 64.7 Å². The molecule has 1 aliphatic rings. The van der Waals surface area contributed by atoms with Crippen LogP contribution in [0.5, 0.6) is 0 Å². The fraction of sp³-hybridized carbons (Fsp3) is 0.467. The number of carbonyl (C=O) groups is 2. The lowest BCUT2D eigenvalue weighted by atomic mass is 10.2. The normalized spacial score (nSPS) is 15.0. The van der Waals surface area contributed by atoms with Crippen LogP contribution in [0, 0.1) is 0 Å². The van der Waals surface area contributed by atoms with E-state index < -0.39 is 0 Å². The Morgan fingerprint density at radius 3 is 2.62 bits per heavy atom. The van der Waals surface area contributed by atoms with Crippen LogP contribution in [0.15, 0.2) is 24.3 Å². The van der Waals surface area contributed by atoms with Crippen molar-refractivity contribution in [2.45, 2.75) is 19.8 Å². The maximum Gasteiger partial charge on any atom is 0.324 e. The van der Waals surface area contributed by atoms with Gasteiger partial charge in [-0.05, 0) is 37.1 Å². The summed E-state index contributed by atoms with van der Waals surface area (Å²) < 4.78 is 0. The Morgan fingerprint density at radius 2 is 1.95 bits per heavy atom. The van der Waals surface area contributed by atoms with Gasteiger partial charge in [-0.2, -0.15) is 0 Å². The molecule has 1 aromatic carbocycles. The largest absolute Gasteiger partial charge is 0.338 e. The lowest BCUT2D eigenvalue weighted by Gasteiger charge is -2.33. The van der Waals surface area contributed by atoms with Crippen molar-refractivity contribution in [1.82, 2.24) is 10.2 Å². The highest BCUT2D eigenvalue weighted by molar-refractivity contribution is 5.93. The highest BCUT2D eigenvalue weighted by Crippen LogP contribution is 2.21. The zero-order valence-electron chi connectivity index (χ0n) is 12.6. The van der Waals surface area contributed by atoms with E-state index in [1.165, 1.54) is 0 Å². The van der Waals surface area contributed by atoms with E-state index in [1.807, 2.05) is 38.2 Å². The maximum atomic E-state index is 12.1. The number of anilines is 2. The molecule has 0 atom stereocenters. The predicted octanol–water partition coefficient (Wildman–Crippen LogP) is 2.48. The van der Waals surface area contributed by atoms with Gasteiger partial charge in [0, 0.05) is 38.1 Å². The molecule has 114 valence electrons. The van der Waals surface area contributed by atoms with Gasteiger partial charge in [0.15, 0.2) is 0 Å². The second-order valence-electron chi connectivity index (χ2n) is 5.14. The third-order valence-corrected chi connectivity index (χ3v) is 3.41. The summed E-state index contributed by atoms with van der Waals surface area (Å²) in [7, 11) is 1.81. The quantitative estimate of drug-likeness (QED) is 0.894. The van der Waals surface area contributed by atoms with Crippen LogP contribution in [0.25, 0.3) is 0 Å². The standard InChI is InChI=1S/C15H22N4O2/c1-3-9-16-14(20)17-12-5-7-13(8-6-12)19-11-4-10-18(2)15(19)21/h5-8H,3-4,9-11H2,1-2H3,(H2,16,17,20). The van der Waals surface area contributed by atoms with Gasteiger partial charge in [0.05, 0.1) is 0 Å². The van der Waals surface area contributed by atoms with Gasteiger partial charge in [-0.1, -0.05) is 6.92 Å². The third-order valence-electron chi connectivity index (χ3n) is 3.41. The Kier molecular flexibility index (Phi) is 5.03. The van der Waals surface area contributed by atoms with Crippen molar-refractivity contribution in [3.8, 4) is 0 Å². The SMILES string of the molecule is CCCNC(=O)Nc1ccc(N2CCCN(C)C2=O)cc1. The van der Waals surface area contributed by atoms with Crippen molar-refractivity contribution in [2.75, 3.05) is 36.9 Å². The number of rotatable bonds is 4. The van der Waals surface area contributed by atoms with Crippen LogP contribution in [0.4, 0.5) is 21.0 Å². The van der Waals surface area contributed by atoms with Crippen LogP contribution >= 0.6 is 0 Å². The molecule has 0 saturated carbocycles. The first kappa shape index (κ1) is 15.2. The first-order chi connectivity index (χ1) is 10.1. The number of urea groups is 2. The van der Waals surface area contributed by atoms with Crippen LogP contribution in [-0.4, -0.2) is 43.6 Å². The molecule has 21 heavy (non-hydrogen) atoms. The van der Waals surface area contributed by atoms with Gasteiger partial charge in [-0.25, -0.2) is 9.59 Å². The summed E-state index contributed by atoms with van der Waals surface area (Å²) in [6, 6.07) is 7.13. The minimum absolute atomic E-state index is 0.0163. The van der Waals surface area contributed by atoms with Gasteiger partial charge >= 0.3 is 12.1 Å². The fourth-order valence-corrected chi connectivity index (χ4v) is 2.24. The molecule has 6 heteroatoms. The van der Waals surface area contributed by atoms with Gasteiger partial charge in [-0.15, -0.1) is 0 Å².